The molecule has 2 aromatic carbocycles. The van der Waals surface area contributed by atoms with E-state index >= 15 is 0 Å². The lowest BCUT2D eigenvalue weighted by molar-refractivity contribution is -0.122. The Balaban J connectivity index is 1.67. The summed E-state index contributed by atoms with van der Waals surface area (Å²) in [5.41, 5.74) is 2.19. The van der Waals surface area contributed by atoms with Crippen LogP contribution in [0, 0.1) is 0 Å². The Morgan fingerprint density at radius 3 is 2.59 bits per heavy atom. The Bertz CT molecular complexity index is 1000. The van der Waals surface area contributed by atoms with Gasteiger partial charge in [-0.25, -0.2) is 0 Å². The fourth-order valence-electron chi connectivity index (χ4n) is 3.33. The molecule has 0 radical (unpaired) electrons. The van der Waals surface area contributed by atoms with Gasteiger partial charge in [0.15, 0.2) is 5.17 Å². The molecule has 1 saturated heterocycles. The van der Waals surface area contributed by atoms with E-state index in [0.717, 1.165) is 37.0 Å². The van der Waals surface area contributed by atoms with Crippen molar-refractivity contribution in [2.45, 2.75) is 24.8 Å². The van der Waals surface area contributed by atoms with E-state index in [-0.39, 0.29) is 11.9 Å². The molecule has 7 heteroatoms. The Labute approximate surface area is 179 Å². The topological polar surface area (TPSA) is 45.1 Å². The summed E-state index contributed by atoms with van der Waals surface area (Å²) in [4.78, 5) is 23.7. The highest BCUT2D eigenvalue weighted by atomic mass is 32.2. The van der Waals surface area contributed by atoms with Gasteiger partial charge in [0.1, 0.15) is 10.7 Å². The first-order valence-corrected chi connectivity index (χ1v) is 11.1. The Morgan fingerprint density at radius 1 is 1.14 bits per heavy atom. The molecule has 1 unspecified atom stereocenters. The van der Waals surface area contributed by atoms with Gasteiger partial charge in [0.05, 0.1) is 23.9 Å². The largest absolute Gasteiger partial charge is 0.497 e. The first-order valence-electron chi connectivity index (χ1n) is 9.49. The third-order valence-corrected chi connectivity index (χ3v) is 7.45. The number of amidine groups is 1. The number of rotatable bonds is 4. The number of hydrogen-bond donors (Lipinski definition) is 0. The summed E-state index contributed by atoms with van der Waals surface area (Å²) in [6, 6.07) is 16.1. The van der Waals surface area contributed by atoms with Crippen LogP contribution in [0.3, 0.4) is 0 Å². The molecule has 1 atom stereocenters. The SMILES string of the molecule is CCN1C(=O)/C(=C2/Sc3ccc(OC)cc3N2C)SC1=NC(C)c1ccccc1. The molecule has 0 N–H and O–H groups in total. The maximum atomic E-state index is 13.2. The van der Waals surface area contributed by atoms with Gasteiger partial charge in [-0.05, 0) is 43.3 Å². The molecule has 0 bridgehead atoms. The summed E-state index contributed by atoms with van der Waals surface area (Å²) in [5, 5.41) is 1.71. The zero-order valence-corrected chi connectivity index (χ0v) is 18.5. The minimum Gasteiger partial charge on any atom is -0.497 e. The number of amides is 1. The van der Waals surface area contributed by atoms with Gasteiger partial charge in [-0.15, -0.1) is 0 Å². The molecular weight excluding hydrogens is 402 g/mol. The van der Waals surface area contributed by atoms with E-state index in [1.54, 1.807) is 23.8 Å². The molecule has 0 aromatic heterocycles. The summed E-state index contributed by atoms with van der Waals surface area (Å²) >= 11 is 3.09. The van der Waals surface area contributed by atoms with Crippen molar-refractivity contribution < 1.29 is 9.53 Å². The van der Waals surface area contributed by atoms with Gasteiger partial charge in [-0.2, -0.15) is 0 Å². The van der Waals surface area contributed by atoms with Crippen LogP contribution in [0.15, 0.2) is 68.4 Å². The van der Waals surface area contributed by atoms with Gasteiger partial charge < -0.3 is 9.64 Å². The fraction of sp³-hybridized carbons (Fsp3) is 0.273. The summed E-state index contributed by atoms with van der Waals surface area (Å²) < 4.78 is 5.36. The highest BCUT2D eigenvalue weighted by Gasteiger charge is 2.38. The van der Waals surface area contributed by atoms with Crippen LogP contribution in [0.25, 0.3) is 0 Å². The number of benzene rings is 2. The third-order valence-electron chi connectivity index (χ3n) is 5.00. The lowest BCUT2D eigenvalue weighted by atomic mass is 10.1. The van der Waals surface area contributed by atoms with E-state index in [1.807, 2.05) is 50.4 Å². The molecule has 150 valence electrons. The van der Waals surface area contributed by atoms with Crippen LogP contribution in [0.5, 0.6) is 5.75 Å². The molecule has 2 aliphatic rings. The number of likely N-dealkylation sites (N-methyl/N-ethyl adjacent to an activating group) is 1. The first kappa shape index (κ1) is 19.9. The number of carbonyl (C=O) groups is 1. The zero-order chi connectivity index (χ0) is 20.5. The van der Waals surface area contributed by atoms with Crippen molar-refractivity contribution in [2.24, 2.45) is 4.99 Å². The summed E-state index contributed by atoms with van der Waals surface area (Å²) in [6.07, 6.45) is 0. The Hall–Kier alpha value is -2.38. The summed E-state index contributed by atoms with van der Waals surface area (Å²) in [5.74, 6) is 0.826. The maximum absolute atomic E-state index is 13.2. The number of fused-ring (bicyclic) bond motifs is 1. The third kappa shape index (κ3) is 3.65. The van der Waals surface area contributed by atoms with Crippen molar-refractivity contribution in [3.05, 3.63) is 64.0 Å². The van der Waals surface area contributed by atoms with Crippen LogP contribution < -0.4 is 9.64 Å². The number of ether oxygens (including phenoxy) is 1. The van der Waals surface area contributed by atoms with Crippen LogP contribution in [0.2, 0.25) is 0 Å². The van der Waals surface area contributed by atoms with Crippen LogP contribution in [-0.4, -0.2) is 36.7 Å². The van der Waals surface area contributed by atoms with Crippen LogP contribution in [-0.2, 0) is 4.79 Å². The normalized spacial score (nSPS) is 21.1. The number of nitrogens with zero attached hydrogens (tertiary/aromatic N) is 3. The predicted octanol–water partition coefficient (Wildman–Crippen LogP) is 5.12. The molecule has 2 aromatic rings. The predicted molar refractivity (Wildman–Crippen MR) is 122 cm³/mol. The van der Waals surface area contributed by atoms with Gasteiger partial charge in [-0.1, -0.05) is 42.1 Å². The standard InChI is InChI=1S/C22H23N3O2S2/c1-5-25-20(26)19(29-22(25)23-14(2)15-9-7-6-8-10-15)21-24(3)17-13-16(27-4)11-12-18(17)28-21/h6-14H,5H2,1-4H3/b21-19-,23-22?. The van der Waals surface area contributed by atoms with E-state index in [9.17, 15) is 4.79 Å². The van der Waals surface area contributed by atoms with Gasteiger partial charge in [0.2, 0.25) is 0 Å². The van der Waals surface area contributed by atoms with Crippen molar-refractivity contribution >= 4 is 40.3 Å². The number of anilines is 1. The second-order valence-corrected chi connectivity index (χ2v) is 8.79. The molecule has 4 rings (SSSR count). The Kier molecular flexibility index (Phi) is 5.61. The van der Waals surface area contributed by atoms with E-state index in [4.69, 9.17) is 9.73 Å². The van der Waals surface area contributed by atoms with Gasteiger partial charge >= 0.3 is 0 Å². The van der Waals surface area contributed by atoms with Gasteiger partial charge in [0.25, 0.3) is 5.91 Å². The van der Waals surface area contributed by atoms with Crippen molar-refractivity contribution in [2.75, 3.05) is 25.6 Å². The number of hydrogen-bond acceptors (Lipinski definition) is 6. The second kappa shape index (κ2) is 8.16. The quantitative estimate of drug-likeness (QED) is 0.636. The number of carbonyl (C=O) groups excluding carboxylic acids is 1. The maximum Gasteiger partial charge on any atom is 0.269 e. The molecule has 29 heavy (non-hydrogen) atoms. The van der Waals surface area contributed by atoms with E-state index in [1.165, 1.54) is 11.8 Å². The zero-order valence-electron chi connectivity index (χ0n) is 16.9. The van der Waals surface area contributed by atoms with Gasteiger partial charge in [0, 0.05) is 24.6 Å². The Morgan fingerprint density at radius 2 is 1.90 bits per heavy atom. The highest BCUT2D eigenvalue weighted by molar-refractivity contribution is 8.19. The molecule has 0 aliphatic carbocycles. The monoisotopic (exact) mass is 425 g/mol. The van der Waals surface area contributed by atoms with E-state index < -0.39 is 0 Å². The van der Waals surface area contributed by atoms with Crippen LogP contribution in [0.4, 0.5) is 5.69 Å². The number of aliphatic imine (C=N–C) groups is 1. The highest BCUT2D eigenvalue weighted by Crippen LogP contribution is 2.51. The minimum absolute atomic E-state index is 0.0136. The summed E-state index contributed by atoms with van der Waals surface area (Å²) in [7, 11) is 3.65. The van der Waals surface area contributed by atoms with Crippen LogP contribution in [0.1, 0.15) is 25.5 Å². The minimum atomic E-state index is -0.0136. The number of thioether (sulfide) groups is 2. The smallest absolute Gasteiger partial charge is 0.269 e. The molecule has 2 aliphatic heterocycles. The van der Waals surface area contributed by atoms with E-state index in [0.29, 0.717) is 6.54 Å². The van der Waals surface area contributed by atoms with Gasteiger partial charge in [-0.3, -0.25) is 14.7 Å². The first-order chi connectivity index (χ1) is 14.0. The number of methoxy groups -OCH3 is 1. The molecule has 5 nitrogen and oxygen atoms in total. The van der Waals surface area contributed by atoms with Crippen molar-refractivity contribution in [1.82, 2.24) is 4.90 Å². The summed E-state index contributed by atoms with van der Waals surface area (Å²) in [6.45, 7) is 4.64. The molecule has 0 saturated carbocycles. The molecule has 1 fully saturated rings. The molecule has 0 spiro atoms. The van der Waals surface area contributed by atoms with Crippen molar-refractivity contribution in [3.63, 3.8) is 0 Å². The second-order valence-electron chi connectivity index (χ2n) is 6.78. The van der Waals surface area contributed by atoms with Crippen molar-refractivity contribution in [1.29, 1.82) is 0 Å². The molecule has 2 heterocycles. The lowest BCUT2D eigenvalue weighted by Gasteiger charge is -2.16. The lowest BCUT2D eigenvalue weighted by Crippen LogP contribution is -2.29. The van der Waals surface area contributed by atoms with Crippen LogP contribution >= 0.6 is 23.5 Å². The average Bonchev–Trinajstić information content (AvgIpc) is 3.24. The molecular formula is C22H23N3O2S2. The molecule has 1 amide bonds. The fourth-order valence-corrected chi connectivity index (χ4v) is 5.78. The average molecular weight is 426 g/mol. The van der Waals surface area contributed by atoms with Crippen molar-refractivity contribution in [3.8, 4) is 5.75 Å². The van der Waals surface area contributed by atoms with E-state index in [2.05, 4.69) is 24.0 Å².